The van der Waals surface area contributed by atoms with Crippen LogP contribution in [0.4, 0.5) is 15.8 Å². The Morgan fingerprint density at radius 1 is 1.04 bits per heavy atom. The first kappa shape index (κ1) is 32.7. The maximum absolute atomic E-state index is 14.4. The number of nitro groups is 1. The van der Waals surface area contributed by atoms with E-state index in [9.17, 15) is 29.2 Å². The molecule has 0 saturated carbocycles. The van der Waals surface area contributed by atoms with Crippen LogP contribution in [0.25, 0.3) is 27.8 Å². The monoisotopic (exact) mass is 644 g/mol. The number of nitro benzene ring substituents is 1. The number of para-hydroxylation sites is 1. The lowest BCUT2D eigenvalue weighted by Crippen LogP contribution is -2.40. The second kappa shape index (κ2) is 11.6. The van der Waals surface area contributed by atoms with Gasteiger partial charge in [0.05, 0.1) is 33.9 Å². The molecule has 3 N–H and O–H groups in total. The molecule has 5 aromatic rings. The summed E-state index contributed by atoms with van der Waals surface area (Å²) in [5, 5.41) is 24.9. The molecule has 0 radical (unpaired) electrons. The SMILES string of the molecule is CC(C)(O)c1ccc2c(c1)[nH]c(=O)c1ccc(-c3cccc(NC(=O)c4cccc(F)c4[N+](=O)[O-])c3CO[Si](C)(C)C(C)(C)C)n12. The van der Waals surface area contributed by atoms with Gasteiger partial charge in [-0.15, -0.1) is 0 Å². The van der Waals surface area contributed by atoms with Gasteiger partial charge in [-0.3, -0.25) is 19.7 Å². The summed E-state index contributed by atoms with van der Waals surface area (Å²) in [5.74, 6) is -1.96. The molecule has 2 aromatic heterocycles. The fourth-order valence-corrected chi connectivity index (χ4v) is 6.06. The smallest absolute Gasteiger partial charge is 0.317 e. The molecule has 0 spiro atoms. The minimum absolute atomic E-state index is 0.0880. The molecular formula is C34H37FN4O6Si. The number of halogens is 1. The number of aromatic nitrogens is 2. The Balaban J connectivity index is 1.71. The third-order valence-corrected chi connectivity index (χ3v) is 13.3. The molecule has 0 unspecified atom stereocenters. The Labute approximate surface area is 266 Å². The molecule has 2 heterocycles. The number of aliphatic hydroxyl groups is 1. The number of aromatic amines is 1. The van der Waals surface area contributed by atoms with Gasteiger partial charge in [-0.25, -0.2) is 0 Å². The highest BCUT2D eigenvalue weighted by Crippen LogP contribution is 2.39. The fraction of sp³-hybridized carbons (Fsp3) is 0.294. The number of H-pyrrole nitrogens is 1. The van der Waals surface area contributed by atoms with Crippen LogP contribution in [-0.4, -0.2) is 33.6 Å². The van der Waals surface area contributed by atoms with Crippen LogP contribution >= 0.6 is 0 Å². The van der Waals surface area contributed by atoms with Gasteiger partial charge in [-0.2, -0.15) is 4.39 Å². The van der Waals surface area contributed by atoms with E-state index in [-0.39, 0.29) is 17.2 Å². The summed E-state index contributed by atoms with van der Waals surface area (Å²) in [6.45, 7) is 13.9. The van der Waals surface area contributed by atoms with Crippen molar-refractivity contribution in [2.75, 3.05) is 5.32 Å². The van der Waals surface area contributed by atoms with Crippen molar-refractivity contribution in [1.29, 1.82) is 0 Å². The molecule has 1 amide bonds. The lowest BCUT2D eigenvalue weighted by Gasteiger charge is -2.36. The van der Waals surface area contributed by atoms with Crippen molar-refractivity contribution in [3.05, 3.63) is 110 Å². The van der Waals surface area contributed by atoms with E-state index < -0.39 is 41.8 Å². The van der Waals surface area contributed by atoms with Crippen LogP contribution in [0.2, 0.25) is 18.1 Å². The second-order valence-corrected chi connectivity index (χ2v) is 18.2. The Bertz CT molecular complexity index is 2070. The molecule has 3 aromatic carbocycles. The predicted molar refractivity (Wildman–Crippen MR) is 179 cm³/mol. The Morgan fingerprint density at radius 3 is 2.37 bits per heavy atom. The zero-order valence-electron chi connectivity index (χ0n) is 26.8. The number of anilines is 1. The average molecular weight is 645 g/mol. The number of carbonyl (C=O) groups excluding carboxylic acids is 1. The Hall–Kier alpha value is -4.65. The lowest BCUT2D eigenvalue weighted by atomic mass is 9.98. The summed E-state index contributed by atoms with van der Waals surface area (Å²) >= 11 is 0. The second-order valence-electron chi connectivity index (χ2n) is 13.4. The number of benzene rings is 3. The predicted octanol–water partition coefficient (Wildman–Crippen LogP) is 7.50. The molecule has 12 heteroatoms. The molecule has 5 rings (SSSR count). The van der Waals surface area contributed by atoms with Crippen LogP contribution in [0.5, 0.6) is 0 Å². The summed E-state index contributed by atoms with van der Waals surface area (Å²) in [6, 6.07) is 17.5. The number of nitrogens with one attached hydrogen (secondary N) is 2. The van der Waals surface area contributed by atoms with Crippen LogP contribution in [0.3, 0.4) is 0 Å². The van der Waals surface area contributed by atoms with E-state index in [4.69, 9.17) is 4.43 Å². The van der Waals surface area contributed by atoms with Gasteiger partial charge in [-0.1, -0.05) is 45.0 Å². The van der Waals surface area contributed by atoms with E-state index in [0.717, 1.165) is 6.07 Å². The molecule has 0 fully saturated rings. The first-order valence-electron chi connectivity index (χ1n) is 14.8. The topological polar surface area (TPSA) is 139 Å². The number of nitrogens with zero attached hydrogens (tertiary/aromatic N) is 2. The van der Waals surface area contributed by atoms with E-state index in [1.54, 1.807) is 44.2 Å². The van der Waals surface area contributed by atoms with Crippen molar-refractivity contribution in [2.45, 2.75) is 65.0 Å². The summed E-state index contributed by atoms with van der Waals surface area (Å²) < 4.78 is 22.8. The van der Waals surface area contributed by atoms with Gasteiger partial charge in [0.15, 0.2) is 8.32 Å². The molecule has 240 valence electrons. The molecular weight excluding hydrogens is 607 g/mol. The number of amides is 1. The molecule has 0 aliphatic carbocycles. The zero-order valence-corrected chi connectivity index (χ0v) is 27.8. The van der Waals surface area contributed by atoms with Crippen molar-refractivity contribution < 1.29 is 23.6 Å². The van der Waals surface area contributed by atoms with E-state index in [1.807, 2.05) is 22.6 Å². The minimum Gasteiger partial charge on any atom is -0.412 e. The van der Waals surface area contributed by atoms with Crippen molar-refractivity contribution in [3.63, 3.8) is 0 Å². The molecule has 0 aliphatic heterocycles. The third kappa shape index (κ3) is 5.98. The number of carbonyl (C=O) groups is 1. The van der Waals surface area contributed by atoms with Gasteiger partial charge in [0.25, 0.3) is 11.5 Å². The highest BCUT2D eigenvalue weighted by atomic mass is 28.4. The molecule has 0 saturated heterocycles. The normalized spacial score (nSPS) is 12.5. The van der Waals surface area contributed by atoms with Gasteiger partial charge in [0.2, 0.25) is 5.82 Å². The quantitative estimate of drug-likeness (QED) is 0.0908. The molecule has 0 aliphatic rings. The van der Waals surface area contributed by atoms with Gasteiger partial charge in [0, 0.05) is 16.8 Å². The Kier molecular flexibility index (Phi) is 8.26. The summed E-state index contributed by atoms with van der Waals surface area (Å²) in [4.78, 5) is 40.3. The van der Waals surface area contributed by atoms with Crippen LogP contribution in [-0.2, 0) is 16.6 Å². The number of rotatable bonds is 8. The standard InChI is InChI=1S/C34H37FN4O6Si/c1-33(2,3)46(6,7)45-19-23-21(10-9-13-25(23)36-31(40)22-11-8-12-24(35)30(22)39(43)44)27-16-17-29-32(41)37-26-18-20(34(4,5)42)14-15-28(26)38(27)29/h8-18,42H,19H2,1-7H3,(H,36,40)(H,37,41). The zero-order chi connectivity index (χ0) is 33.8. The van der Waals surface area contributed by atoms with Crippen molar-refractivity contribution in [1.82, 2.24) is 9.38 Å². The Morgan fingerprint density at radius 2 is 1.72 bits per heavy atom. The average Bonchev–Trinajstić information content (AvgIpc) is 3.41. The fourth-order valence-electron chi connectivity index (χ4n) is 5.12. The highest BCUT2D eigenvalue weighted by molar-refractivity contribution is 6.74. The molecule has 0 bridgehead atoms. The minimum atomic E-state index is -2.32. The van der Waals surface area contributed by atoms with E-state index in [1.165, 1.54) is 12.1 Å². The van der Waals surface area contributed by atoms with E-state index >= 15 is 0 Å². The number of hydrogen-bond acceptors (Lipinski definition) is 6. The number of hydrogen-bond donors (Lipinski definition) is 3. The van der Waals surface area contributed by atoms with Gasteiger partial charge in [-0.05, 0) is 80.0 Å². The first-order valence-corrected chi connectivity index (χ1v) is 17.7. The highest BCUT2D eigenvalue weighted by Gasteiger charge is 2.37. The lowest BCUT2D eigenvalue weighted by molar-refractivity contribution is -0.387. The van der Waals surface area contributed by atoms with Crippen LogP contribution in [0, 0.1) is 15.9 Å². The van der Waals surface area contributed by atoms with Crippen molar-refractivity contribution in [2.24, 2.45) is 0 Å². The van der Waals surface area contributed by atoms with E-state index in [0.29, 0.717) is 44.6 Å². The van der Waals surface area contributed by atoms with Crippen molar-refractivity contribution >= 4 is 42.1 Å². The number of fused-ring (bicyclic) bond motifs is 3. The maximum Gasteiger partial charge on any atom is 0.317 e. The van der Waals surface area contributed by atoms with Crippen LogP contribution in [0.1, 0.15) is 56.1 Å². The van der Waals surface area contributed by atoms with E-state index in [2.05, 4.69) is 44.2 Å². The summed E-state index contributed by atoms with van der Waals surface area (Å²) in [5.41, 5.74) is 1.65. The first-order chi connectivity index (χ1) is 21.4. The van der Waals surface area contributed by atoms with Crippen LogP contribution in [0.15, 0.2) is 71.5 Å². The van der Waals surface area contributed by atoms with Gasteiger partial charge >= 0.3 is 5.69 Å². The van der Waals surface area contributed by atoms with Crippen molar-refractivity contribution in [3.8, 4) is 11.3 Å². The molecule has 10 nitrogen and oxygen atoms in total. The van der Waals surface area contributed by atoms with Crippen LogP contribution < -0.4 is 10.9 Å². The molecule has 0 atom stereocenters. The van der Waals surface area contributed by atoms with Gasteiger partial charge in [0.1, 0.15) is 11.1 Å². The third-order valence-electron chi connectivity index (χ3n) is 8.80. The summed E-state index contributed by atoms with van der Waals surface area (Å²) in [6.07, 6.45) is 0. The summed E-state index contributed by atoms with van der Waals surface area (Å²) in [7, 11) is -2.32. The van der Waals surface area contributed by atoms with Gasteiger partial charge < -0.3 is 24.2 Å². The largest absolute Gasteiger partial charge is 0.412 e. The maximum atomic E-state index is 14.4. The molecule has 46 heavy (non-hydrogen) atoms.